The molecule has 0 spiro atoms. The van der Waals surface area contributed by atoms with Gasteiger partial charge in [0.05, 0.1) is 8.95 Å². The first-order valence-corrected chi connectivity index (χ1v) is 23.0. The Bertz CT molecular complexity index is 2430. The maximum absolute atomic E-state index is 13.9. The maximum atomic E-state index is 13.9. The van der Waals surface area contributed by atoms with Crippen LogP contribution in [0, 0.1) is 38.9 Å². The van der Waals surface area contributed by atoms with Gasteiger partial charge in [-0.1, -0.05) is 113 Å². The average Bonchev–Trinajstić information content (AvgIpc) is 3.26. The van der Waals surface area contributed by atoms with Gasteiger partial charge in [-0.05, 0) is 205 Å². The van der Waals surface area contributed by atoms with Gasteiger partial charge in [-0.15, -0.1) is 0 Å². The molecule has 2 nitrogen and oxygen atoms in total. The SMILES string of the molecule is CCCCc1ccc(C#Cc2ccc(-c3ccc(Br)c(F)c3)cc2CC)cc1.CCCCc1ccc(C#Cc2ccc(B(O)O)cc2CC)cc1.Fc1cc(I)ccc1Br. The number of rotatable bonds is 10. The molecular formula is C52H50BBr2F2IO2. The van der Waals surface area contributed by atoms with Gasteiger partial charge in [-0.25, -0.2) is 8.78 Å². The van der Waals surface area contributed by atoms with Crippen molar-refractivity contribution in [1.82, 2.24) is 0 Å². The predicted octanol–water partition coefficient (Wildman–Crippen LogP) is 13.4. The molecule has 6 aromatic rings. The molecule has 0 atom stereocenters. The van der Waals surface area contributed by atoms with Gasteiger partial charge in [0.1, 0.15) is 11.6 Å². The number of hydrogen-bond donors (Lipinski definition) is 2. The zero-order valence-corrected chi connectivity index (χ0v) is 39.9. The Morgan fingerprint density at radius 1 is 0.533 bits per heavy atom. The van der Waals surface area contributed by atoms with Crippen LogP contribution in [0.4, 0.5) is 8.78 Å². The van der Waals surface area contributed by atoms with E-state index >= 15 is 0 Å². The quantitative estimate of drug-likeness (QED) is 0.0621. The van der Waals surface area contributed by atoms with Gasteiger partial charge in [0.2, 0.25) is 0 Å². The molecule has 0 saturated heterocycles. The third-order valence-corrected chi connectivity index (χ3v) is 11.6. The molecule has 308 valence electrons. The van der Waals surface area contributed by atoms with Crippen LogP contribution >= 0.6 is 54.5 Å². The van der Waals surface area contributed by atoms with E-state index in [1.165, 1.54) is 48.4 Å². The summed E-state index contributed by atoms with van der Waals surface area (Å²) in [5, 5.41) is 18.5. The molecular weight excluding hydrogens is 992 g/mol. The van der Waals surface area contributed by atoms with Crippen LogP contribution in [0.5, 0.6) is 0 Å². The van der Waals surface area contributed by atoms with Gasteiger partial charge < -0.3 is 10.0 Å². The smallest absolute Gasteiger partial charge is 0.423 e. The molecule has 6 aromatic carbocycles. The van der Waals surface area contributed by atoms with Crippen molar-refractivity contribution in [3.05, 3.63) is 190 Å². The zero-order valence-electron chi connectivity index (χ0n) is 34.6. The third-order valence-electron chi connectivity index (χ3n) is 9.66. The predicted molar refractivity (Wildman–Crippen MR) is 263 cm³/mol. The van der Waals surface area contributed by atoms with Crippen molar-refractivity contribution in [1.29, 1.82) is 0 Å². The van der Waals surface area contributed by atoms with Crippen LogP contribution in [0.1, 0.15) is 97.9 Å². The monoisotopic (exact) mass is 1040 g/mol. The van der Waals surface area contributed by atoms with E-state index in [0.717, 1.165) is 68.2 Å². The standard InChI is InChI=1S/C26H24BrF.C20H23BO2.C6H3BrFI/c1-3-5-6-19-7-9-20(10-8-19)11-12-22-13-14-23(17-21(22)4-2)24-15-16-25(27)26(28)18-24;1-3-5-6-16-7-9-17(10-8-16)11-12-19-13-14-20(21(22)23)15-18(19)4-2;7-5-2-1-4(9)3-6(5)8/h7-10,13-18H,3-6H2,1-2H3;7-10,13-15,22-23H,3-6H2,1-2H3;1-3H. The van der Waals surface area contributed by atoms with Gasteiger partial charge in [0.15, 0.2) is 0 Å². The normalized spacial score (nSPS) is 10.2. The van der Waals surface area contributed by atoms with Crippen molar-refractivity contribution < 1.29 is 18.8 Å². The largest absolute Gasteiger partial charge is 0.488 e. The lowest BCUT2D eigenvalue weighted by Crippen LogP contribution is -2.30. The first-order valence-electron chi connectivity index (χ1n) is 20.3. The van der Waals surface area contributed by atoms with E-state index in [-0.39, 0.29) is 11.6 Å². The van der Waals surface area contributed by atoms with Crippen LogP contribution in [-0.2, 0) is 25.7 Å². The fourth-order valence-electron chi connectivity index (χ4n) is 6.07. The molecule has 0 aliphatic rings. The van der Waals surface area contributed by atoms with E-state index in [1.807, 2.05) is 43.3 Å². The van der Waals surface area contributed by atoms with Crippen LogP contribution in [0.15, 0.2) is 130 Å². The molecule has 0 unspecified atom stereocenters. The van der Waals surface area contributed by atoms with Gasteiger partial charge in [0, 0.05) is 25.8 Å². The molecule has 0 amide bonds. The van der Waals surface area contributed by atoms with Crippen molar-refractivity contribution in [2.24, 2.45) is 0 Å². The summed E-state index contributed by atoms with van der Waals surface area (Å²) in [6.07, 6.45) is 8.79. The number of aryl methyl sites for hydroxylation is 4. The minimum Gasteiger partial charge on any atom is -0.423 e. The molecule has 0 radical (unpaired) electrons. The average molecular weight is 1040 g/mol. The van der Waals surface area contributed by atoms with Crippen molar-refractivity contribution >= 4 is 67.0 Å². The maximum Gasteiger partial charge on any atom is 0.488 e. The summed E-state index contributed by atoms with van der Waals surface area (Å²) in [5.74, 6) is 12.5. The Balaban J connectivity index is 0.000000222. The molecule has 0 heterocycles. The zero-order chi connectivity index (χ0) is 43.4. The highest BCUT2D eigenvalue weighted by Crippen LogP contribution is 2.27. The third kappa shape index (κ3) is 15.8. The molecule has 0 aromatic heterocycles. The summed E-state index contributed by atoms with van der Waals surface area (Å²) in [6.45, 7) is 8.57. The van der Waals surface area contributed by atoms with E-state index in [0.29, 0.717) is 14.4 Å². The molecule has 60 heavy (non-hydrogen) atoms. The summed E-state index contributed by atoms with van der Waals surface area (Å²) < 4.78 is 28.3. The molecule has 6 rings (SSSR count). The molecule has 0 saturated carbocycles. The molecule has 0 bridgehead atoms. The van der Waals surface area contributed by atoms with E-state index in [4.69, 9.17) is 0 Å². The summed E-state index contributed by atoms with van der Waals surface area (Å²) in [6, 6.07) is 38.7. The molecule has 2 N–H and O–H groups in total. The number of halogens is 5. The van der Waals surface area contributed by atoms with E-state index < -0.39 is 7.12 Å². The second kappa shape index (κ2) is 25.7. The minimum absolute atomic E-state index is 0.207. The minimum atomic E-state index is -1.43. The van der Waals surface area contributed by atoms with Gasteiger partial charge in [0.25, 0.3) is 0 Å². The highest BCUT2D eigenvalue weighted by Gasteiger charge is 2.12. The van der Waals surface area contributed by atoms with Crippen molar-refractivity contribution in [3.8, 4) is 34.8 Å². The lowest BCUT2D eigenvalue weighted by atomic mass is 9.78. The lowest BCUT2D eigenvalue weighted by molar-refractivity contribution is 0.425. The van der Waals surface area contributed by atoms with Gasteiger partial charge >= 0.3 is 7.12 Å². The summed E-state index contributed by atoms with van der Waals surface area (Å²) in [4.78, 5) is 0. The van der Waals surface area contributed by atoms with E-state index in [9.17, 15) is 18.8 Å². The topological polar surface area (TPSA) is 40.5 Å². The first-order chi connectivity index (χ1) is 28.9. The summed E-state index contributed by atoms with van der Waals surface area (Å²) in [7, 11) is -1.43. The van der Waals surface area contributed by atoms with Crippen molar-refractivity contribution in [2.45, 2.75) is 79.1 Å². The number of benzene rings is 6. The second-order valence-electron chi connectivity index (χ2n) is 14.2. The Morgan fingerprint density at radius 2 is 0.983 bits per heavy atom. The Morgan fingerprint density at radius 3 is 1.43 bits per heavy atom. The highest BCUT2D eigenvalue weighted by atomic mass is 127. The Labute approximate surface area is 386 Å². The summed E-state index contributed by atoms with van der Waals surface area (Å²) in [5.41, 5.74) is 11.3. The van der Waals surface area contributed by atoms with Crippen LogP contribution < -0.4 is 5.46 Å². The Kier molecular flexibility index (Phi) is 20.8. The summed E-state index contributed by atoms with van der Waals surface area (Å²) >= 11 is 8.32. The van der Waals surface area contributed by atoms with Crippen LogP contribution in [-0.4, -0.2) is 17.2 Å². The van der Waals surface area contributed by atoms with Gasteiger partial charge in [-0.2, -0.15) is 0 Å². The fraction of sp³-hybridized carbons (Fsp3) is 0.231. The van der Waals surface area contributed by atoms with Gasteiger partial charge in [-0.3, -0.25) is 0 Å². The fourth-order valence-corrected chi connectivity index (χ4v) is 7.02. The molecule has 0 fully saturated rings. The number of hydrogen-bond acceptors (Lipinski definition) is 2. The van der Waals surface area contributed by atoms with Crippen LogP contribution in [0.25, 0.3) is 11.1 Å². The van der Waals surface area contributed by atoms with Crippen molar-refractivity contribution in [3.63, 3.8) is 0 Å². The lowest BCUT2D eigenvalue weighted by Gasteiger charge is -2.08. The Hall–Kier alpha value is -4.03. The molecule has 8 heteroatoms. The first kappa shape index (κ1) is 48.6. The second-order valence-corrected chi connectivity index (χ2v) is 17.1. The van der Waals surface area contributed by atoms with Crippen LogP contribution in [0.2, 0.25) is 0 Å². The van der Waals surface area contributed by atoms with Crippen molar-refractivity contribution in [2.75, 3.05) is 0 Å². The van der Waals surface area contributed by atoms with E-state index in [2.05, 4.69) is 154 Å². The van der Waals surface area contributed by atoms with Crippen LogP contribution in [0.3, 0.4) is 0 Å². The molecule has 0 aliphatic heterocycles. The number of unbranched alkanes of at least 4 members (excludes halogenated alkanes) is 2. The van der Waals surface area contributed by atoms with E-state index in [1.54, 1.807) is 24.3 Å². The highest BCUT2D eigenvalue weighted by molar-refractivity contribution is 14.1. The molecule has 0 aliphatic carbocycles.